The fourth-order valence-electron chi connectivity index (χ4n) is 2.72. The van der Waals surface area contributed by atoms with Crippen LogP contribution in [0.25, 0.3) is 10.9 Å². The van der Waals surface area contributed by atoms with Gasteiger partial charge in [-0.1, -0.05) is 43.3 Å². The highest BCUT2D eigenvalue weighted by molar-refractivity contribution is 5.80. The van der Waals surface area contributed by atoms with E-state index in [-0.39, 0.29) is 0 Å². The summed E-state index contributed by atoms with van der Waals surface area (Å²) in [6.07, 6.45) is 3.27. The Balaban J connectivity index is 1.74. The molecule has 0 saturated heterocycles. The Kier molecular flexibility index (Phi) is 4.37. The first-order valence-corrected chi connectivity index (χ1v) is 7.69. The van der Waals surface area contributed by atoms with Crippen molar-refractivity contribution in [2.75, 3.05) is 6.54 Å². The highest BCUT2D eigenvalue weighted by atomic mass is 14.9. The maximum absolute atomic E-state index is 3.38. The first-order valence-electron chi connectivity index (χ1n) is 7.69. The number of aryl methyl sites for hydroxylation is 2. The molecule has 0 bridgehead atoms. The van der Waals surface area contributed by atoms with Crippen LogP contribution < -0.4 is 5.32 Å². The van der Waals surface area contributed by atoms with Gasteiger partial charge in [-0.3, -0.25) is 0 Å². The predicted molar refractivity (Wildman–Crippen MR) is 89.5 cm³/mol. The van der Waals surface area contributed by atoms with Crippen LogP contribution in [-0.2, 0) is 19.5 Å². The van der Waals surface area contributed by atoms with Crippen molar-refractivity contribution >= 4 is 10.9 Å². The number of aromatic nitrogens is 1. The van der Waals surface area contributed by atoms with E-state index >= 15 is 0 Å². The van der Waals surface area contributed by atoms with E-state index in [0.29, 0.717) is 0 Å². The molecular formula is C19H22N2. The molecule has 0 fully saturated rings. The van der Waals surface area contributed by atoms with E-state index in [0.717, 1.165) is 26.1 Å². The normalized spacial score (nSPS) is 11.1. The second-order valence-electron chi connectivity index (χ2n) is 5.42. The minimum atomic E-state index is 0.946. The molecule has 2 nitrogen and oxygen atoms in total. The number of nitrogens with zero attached hydrogens (tertiary/aromatic N) is 1. The van der Waals surface area contributed by atoms with Crippen LogP contribution in [0, 0.1) is 0 Å². The van der Waals surface area contributed by atoms with Crippen molar-refractivity contribution in [2.45, 2.75) is 26.4 Å². The summed E-state index contributed by atoms with van der Waals surface area (Å²) >= 11 is 0. The lowest BCUT2D eigenvalue weighted by Crippen LogP contribution is -2.11. The molecular weight excluding hydrogens is 256 g/mol. The van der Waals surface area contributed by atoms with Crippen molar-refractivity contribution in [2.24, 2.45) is 0 Å². The molecule has 0 saturated carbocycles. The average molecular weight is 278 g/mol. The van der Waals surface area contributed by atoms with Gasteiger partial charge in [0.15, 0.2) is 0 Å². The Hall–Kier alpha value is -2.06. The summed E-state index contributed by atoms with van der Waals surface area (Å²) in [5, 5.41) is 4.71. The number of nitrogens with one attached hydrogen (secondary N) is 1. The van der Waals surface area contributed by atoms with Gasteiger partial charge in [0, 0.05) is 24.8 Å². The summed E-state index contributed by atoms with van der Waals surface area (Å²) in [5.41, 5.74) is 4.07. The smallest absolute Gasteiger partial charge is 0.0480 e. The van der Waals surface area contributed by atoms with Crippen LogP contribution in [0.4, 0.5) is 0 Å². The number of benzene rings is 2. The zero-order chi connectivity index (χ0) is 14.5. The fraction of sp³-hybridized carbons (Fsp3) is 0.263. The molecule has 1 heterocycles. The monoisotopic (exact) mass is 278 g/mol. The van der Waals surface area contributed by atoms with E-state index in [2.05, 4.69) is 77.6 Å². The number of rotatable bonds is 6. The molecule has 3 aromatic rings. The molecule has 3 rings (SSSR count). The van der Waals surface area contributed by atoms with Crippen molar-refractivity contribution in [3.8, 4) is 0 Å². The zero-order valence-corrected chi connectivity index (χ0v) is 12.5. The summed E-state index contributed by atoms with van der Waals surface area (Å²) in [7, 11) is 0. The minimum absolute atomic E-state index is 0.946. The van der Waals surface area contributed by atoms with E-state index in [9.17, 15) is 0 Å². The van der Waals surface area contributed by atoms with Crippen molar-refractivity contribution in [3.63, 3.8) is 0 Å². The molecule has 0 atom stereocenters. The van der Waals surface area contributed by atoms with Gasteiger partial charge in [-0.2, -0.15) is 0 Å². The van der Waals surface area contributed by atoms with E-state index in [1.165, 1.54) is 22.0 Å². The van der Waals surface area contributed by atoms with Crippen molar-refractivity contribution in [1.29, 1.82) is 0 Å². The van der Waals surface area contributed by atoms with E-state index < -0.39 is 0 Å². The van der Waals surface area contributed by atoms with Crippen LogP contribution in [0.3, 0.4) is 0 Å². The maximum atomic E-state index is 3.38. The third-order valence-corrected chi connectivity index (χ3v) is 3.90. The largest absolute Gasteiger partial charge is 0.347 e. The summed E-state index contributed by atoms with van der Waals surface area (Å²) in [6, 6.07) is 19.6. The molecule has 108 valence electrons. The van der Waals surface area contributed by atoms with E-state index in [1.807, 2.05) is 0 Å². The number of fused-ring (bicyclic) bond motifs is 1. The summed E-state index contributed by atoms with van der Waals surface area (Å²) in [5.74, 6) is 0. The second-order valence-corrected chi connectivity index (χ2v) is 5.42. The molecule has 1 aromatic heterocycles. The van der Waals surface area contributed by atoms with Gasteiger partial charge in [-0.25, -0.2) is 0 Å². The molecule has 0 aliphatic heterocycles. The molecule has 0 aliphatic rings. The SMILES string of the molecule is CCNCc1ccc2c(ccn2CCc2ccccc2)c1. The first kappa shape index (κ1) is 13.9. The lowest BCUT2D eigenvalue weighted by atomic mass is 10.1. The van der Waals surface area contributed by atoms with Crippen LogP contribution in [0.5, 0.6) is 0 Å². The minimum Gasteiger partial charge on any atom is -0.347 e. The van der Waals surface area contributed by atoms with Gasteiger partial charge in [0.1, 0.15) is 0 Å². The third-order valence-electron chi connectivity index (χ3n) is 3.90. The van der Waals surface area contributed by atoms with Crippen LogP contribution in [0.15, 0.2) is 60.8 Å². The van der Waals surface area contributed by atoms with Crippen LogP contribution in [-0.4, -0.2) is 11.1 Å². The lowest BCUT2D eigenvalue weighted by Gasteiger charge is -2.07. The van der Waals surface area contributed by atoms with Gasteiger partial charge >= 0.3 is 0 Å². The quantitative estimate of drug-likeness (QED) is 0.721. The predicted octanol–water partition coefficient (Wildman–Crippen LogP) is 3.99. The molecule has 2 heteroatoms. The second kappa shape index (κ2) is 6.59. The van der Waals surface area contributed by atoms with E-state index in [4.69, 9.17) is 0 Å². The molecule has 2 aromatic carbocycles. The van der Waals surface area contributed by atoms with Gasteiger partial charge < -0.3 is 9.88 Å². The van der Waals surface area contributed by atoms with Crippen molar-refractivity contribution in [3.05, 3.63) is 71.9 Å². The Morgan fingerprint density at radius 3 is 2.62 bits per heavy atom. The lowest BCUT2D eigenvalue weighted by molar-refractivity contribution is 0.720. The molecule has 0 amide bonds. The summed E-state index contributed by atoms with van der Waals surface area (Å²) in [6.45, 7) is 5.12. The van der Waals surface area contributed by atoms with Crippen molar-refractivity contribution < 1.29 is 0 Å². The molecule has 21 heavy (non-hydrogen) atoms. The average Bonchev–Trinajstić information content (AvgIpc) is 2.94. The highest BCUT2D eigenvalue weighted by Gasteiger charge is 2.02. The van der Waals surface area contributed by atoms with Gasteiger partial charge in [0.2, 0.25) is 0 Å². The van der Waals surface area contributed by atoms with Gasteiger partial charge in [-0.15, -0.1) is 0 Å². The highest BCUT2D eigenvalue weighted by Crippen LogP contribution is 2.18. The summed E-state index contributed by atoms with van der Waals surface area (Å²) < 4.78 is 2.35. The molecule has 0 aliphatic carbocycles. The summed E-state index contributed by atoms with van der Waals surface area (Å²) in [4.78, 5) is 0. The zero-order valence-electron chi connectivity index (χ0n) is 12.5. The molecule has 0 spiro atoms. The van der Waals surface area contributed by atoms with Crippen LogP contribution in [0.1, 0.15) is 18.1 Å². The Labute approximate surface area is 126 Å². The third kappa shape index (κ3) is 3.34. The topological polar surface area (TPSA) is 17.0 Å². The van der Waals surface area contributed by atoms with Crippen LogP contribution in [0.2, 0.25) is 0 Å². The van der Waals surface area contributed by atoms with Gasteiger partial charge in [0.05, 0.1) is 0 Å². The Morgan fingerprint density at radius 2 is 1.81 bits per heavy atom. The molecule has 0 radical (unpaired) electrons. The number of hydrogen-bond acceptors (Lipinski definition) is 1. The molecule has 1 N–H and O–H groups in total. The standard InChI is InChI=1S/C19H22N2/c1-2-20-15-17-8-9-19-18(14-17)11-13-21(19)12-10-16-6-4-3-5-7-16/h3-9,11,13-14,20H,2,10,12,15H2,1H3. The maximum Gasteiger partial charge on any atom is 0.0480 e. The van der Waals surface area contributed by atoms with Crippen molar-refractivity contribution in [1.82, 2.24) is 9.88 Å². The first-order chi connectivity index (χ1) is 10.4. The number of hydrogen-bond donors (Lipinski definition) is 1. The Bertz CT molecular complexity index is 698. The van der Waals surface area contributed by atoms with Gasteiger partial charge in [0.25, 0.3) is 0 Å². The van der Waals surface area contributed by atoms with E-state index in [1.54, 1.807) is 0 Å². The molecule has 0 unspecified atom stereocenters. The van der Waals surface area contributed by atoms with Gasteiger partial charge in [-0.05, 0) is 47.7 Å². The van der Waals surface area contributed by atoms with Crippen LogP contribution >= 0.6 is 0 Å². The fourth-order valence-corrected chi connectivity index (χ4v) is 2.72. The Morgan fingerprint density at radius 1 is 0.952 bits per heavy atom.